The first-order valence-corrected chi connectivity index (χ1v) is 8.64. The topological polar surface area (TPSA) is 99.9 Å². The first kappa shape index (κ1) is 19.1. The van der Waals surface area contributed by atoms with Gasteiger partial charge in [0.15, 0.2) is 0 Å². The van der Waals surface area contributed by atoms with E-state index in [1.54, 1.807) is 49.4 Å². The molecule has 1 aromatic heterocycles. The second-order valence-corrected chi connectivity index (χ2v) is 6.24. The number of hydrogen-bond acceptors (Lipinski definition) is 6. The van der Waals surface area contributed by atoms with Crippen molar-refractivity contribution < 1.29 is 9.53 Å². The maximum absolute atomic E-state index is 12.7. The van der Waals surface area contributed by atoms with Gasteiger partial charge in [-0.1, -0.05) is 17.7 Å². The number of anilines is 3. The molecule has 3 rings (SSSR count). The van der Waals surface area contributed by atoms with Crippen LogP contribution in [0.4, 0.5) is 17.2 Å². The third-order valence-corrected chi connectivity index (χ3v) is 3.98. The van der Waals surface area contributed by atoms with E-state index in [0.717, 1.165) is 0 Å². The molecule has 140 valence electrons. The van der Waals surface area contributed by atoms with Crippen LogP contribution in [0, 0.1) is 18.3 Å². The van der Waals surface area contributed by atoms with Crippen LogP contribution >= 0.6 is 11.6 Å². The smallest absolute Gasteiger partial charge is 0.274 e. The average Bonchev–Trinajstić information content (AvgIpc) is 2.68. The van der Waals surface area contributed by atoms with Crippen molar-refractivity contribution >= 4 is 34.7 Å². The van der Waals surface area contributed by atoms with Gasteiger partial charge in [0.25, 0.3) is 5.91 Å². The molecule has 1 heterocycles. The van der Waals surface area contributed by atoms with Gasteiger partial charge in [0.1, 0.15) is 23.1 Å². The lowest BCUT2D eigenvalue weighted by Crippen LogP contribution is -2.16. The number of nitriles is 1. The van der Waals surface area contributed by atoms with Crippen LogP contribution in [0.25, 0.3) is 0 Å². The molecule has 0 spiro atoms. The maximum Gasteiger partial charge on any atom is 0.274 e. The van der Waals surface area contributed by atoms with E-state index in [-0.39, 0.29) is 5.69 Å². The molecule has 0 atom stereocenters. The van der Waals surface area contributed by atoms with Crippen molar-refractivity contribution in [2.75, 3.05) is 17.7 Å². The molecular weight excluding hydrogens is 378 g/mol. The zero-order chi connectivity index (χ0) is 20.1. The van der Waals surface area contributed by atoms with E-state index in [1.165, 1.54) is 13.2 Å². The Morgan fingerprint density at radius 3 is 2.75 bits per heavy atom. The molecule has 2 aromatic carbocycles. The van der Waals surface area contributed by atoms with Gasteiger partial charge < -0.3 is 15.4 Å². The fourth-order valence-corrected chi connectivity index (χ4v) is 2.70. The SMILES string of the molecule is COc1ccc(Cl)cc1NC(=O)c1cc(Nc2cccc(C#N)c2)nc(C)n1. The van der Waals surface area contributed by atoms with Crippen molar-refractivity contribution in [3.63, 3.8) is 0 Å². The van der Waals surface area contributed by atoms with Crippen LogP contribution in [0.1, 0.15) is 21.9 Å². The van der Waals surface area contributed by atoms with Crippen molar-refractivity contribution in [3.05, 3.63) is 70.6 Å². The standard InChI is InChI=1S/C20H16ClN5O2/c1-12-23-17(20(27)26-16-9-14(21)6-7-18(16)28-2)10-19(24-12)25-15-5-3-4-13(8-15)11-22/h3-10H,1-2H3,(H,26,27)(H,23,24,25). The molecular formula is C20H16ClN5O2. The Morgan fingerprint density at radius 2 is 2.00 bits per heavy atom. The van der Waals surface area contributed by atoms with Crippen LogP contribution in [-0.2, 0) is 0 Å². The van der Waals surface area contributed by atoms with Crippen molar-refractivity contribution in [1.82, 2.24) is 9.97 Å². The number of amides is 1. The lowest BCUT2D eigenvalue weighted by molar-refractivity contribution is 0.102. The van der Waals surface area contributed by atoms with E-state index in [2.05, 4.69) is 26.7 Å². The number of methoxy groups -OCH3 is 1. The first-order chi connectivity index (χ1) is 13.5. The van der Waals surface area contributed by atoms with Crippen LogP contribution in [0.2, 0.25) is 5.02 Å². The molecule has 2 N–H and O–H groups in total. The number of aryl methyl sites for hydroxylation is 1. The van der Waals surface area contributed by atoms with Crippen LogP contribution in [0.5, 0.6) is 5.75 Å². The molecule has 7 nitrogen and oxygen atoms in total. The van der Waals surface area contributed by atoms with E-state index in [9.17, 15) is 4.79 Å². The molecule has 3 aromatic rings. The third-order valence-electron chi connectivity index (χ3n) is 3.74. The zero-order valence-electron chi connectivity index (χ0n) is 15.2. The number of nitrogens with zero attached hydrogens (tertiary/aromatic N) is 3. The van der Waals surface area contributed by atoms with Crippen LogP contribution in [-0.4, -0.2) is 23.0 Å². The van der Waals surface area contributed by atoms with E-state index in [4.69, 9.17) is 21.6 Å². The number of aromatic nitrogens is 2. The Hall–Kier alpha value is -3.63. The number of carbonyl (C=O) groups excluding carboxylic acids is 1. The van der Waals surface area contributed by atoms with Crippen LogP contribution in [0.3, 0.4) is 0 Å². The van der Waals surface area contributed by atoms with Crippen molar-refractivity contribution in [2.45, 2.75) is 6.92 Å². The highest BCUT2D eigenvalue weighted by Gasteiger charge is 2.14. The number of halogens is 1. The summed E-state index contributed by atoms with van der Waals surface area (Å²) in [5.74, 6) is 0.908. The fourth-order valence-electron chi connectivity index (χ4n) is 2.53. The van der Waals surface area contributed by atoms with Crippen LogP contribution < -0.4 is 15.4 Å². The molecule has 28 heavy (non-hydrogen) atoms. The molecule has 0 aliphatic carbocycles. The molecule has 0 aliphatic rings. The van der Waals surface area contributed by atoms with Gasteiger partial charge in [0.2, 0.25) is 0 Å². The predicted octanol–water partition coefficient (Wildman–Crippen LogP) is 4.31. The maximum atomic E-state index is 12.7. The number of nitrogens with one attached hydrogen (secondary N) is 2. The van der Waals surface area contributed by atoms with Crippen molar-refractivity contribution in [2.24, 2.45) is 0 Å². The molecule has 0 saturated heterocycles. The number of benzene rings is 2. The highest BCUT2D eigenvalue weighted by molar-refractivity contribution is 6.31. The molecule has 0 radical (unpaired) electrons. The lowest BCUT2D eigenvalue weighted by atomic mass is 10.2. The van der Waals surface area contributed by atoms with Crippen molar-refractivity contribution in [1.29, 1.82) is 5.26 Å². The van der Waals surface area contributed by atoms with Gasteiger partial charge in [-0.3, -0.25) is 4.79 Å². The minimum absolute atomic E-state index is 0.175. The lowest BCUT2D eigenvalue weighted by Gasteiger charge is -2.12. The summed E-state index contributed by atoms with van der Waals surface area (Å²) in [6.07, 6.45) is 0. The number of hydrogen-bond donors (Lipinski definition) is 2. The van der Waals surface area contributed by atoms with Crippen LogP contribution in [0.15, 0.2) is 48.5 Å². The van der Waals surface area contributed by atoms with Gasteiger partial charge in [-0.2, -0.15) is 5.26 Å². The van der Waals surface area contributed by atoms with E-state index in [0.29, 0.717) is 39.4 Å². The minimum Gasteiger partial charge on any atom is -0.495 e. The van der Waals surface area contributed by atoms with Gasteiger partial charge in [-0.25, -0.2) is 9.97 Å². The van der Waals surface area contributed by atoms with Gasteiger partial charge in [0, 0.05) is 16.8 Å². The zero-order valence-corrected chi connectivity index (χ0v) is 15.9. The number of ether oxygens (including phenoxy) is 1. The van der Waals surface area contributed by atoms with Gasteiger partial charge >= 0.3 is 0 Å². The summed E-state index contributed by atoms with van der Waals surface area (Å²) >= 11 is 6.00. The summed E-state index contributed by atoms with van der Waals surface area (Å²) in [6.45, 7) is 1.69. The second kappa shape index (κ2) is 8.37. The van der Waals surface area contributed by atoms with Gasteiger partial charge in [0.05, 0.1) is 24.4 Å². The summed E-state index contributed by atoms with van der Waals surface area (Å²) in [5.41, 5.74) is 1.81. The Bertz CT molecular complexity index is 1080. The summed E-state index contributed by atoms with van der Waals surface area (Å²) < 4.78 is 5.24. The number of carbonyl (C=O) groups is 1. The molecule has 8 heteroatoms. The summed E-state index contributed by atoms with van der Waals surface area (Å²) in [5, 5.41) is 15.3. The second-order valence-electron chi connectivity index (χ2n) is 5.80. The average molecular weight is 394 g/mol. The fraction of sp³-hybridized carbons (Fsp3) is 0.100. The molecule has 0 unspecified atom stereocenters. The number of rotatable bonds is 5. The van der Waals surface area contributed by atoms with E-state index in [1.807, 2.05) is 0 Å². The predicted molar refractivity (Wildman–Crippen MR) is 107 cm³/mol. The highest BCUT2D eigenvalue weighted by Crippen LogP contribution is 2.28. The minimum atomic E-state index is -0.431. The molecule has 0 saturated carbocycles. The summed E-state index contributed by atoms with van der Waals surface area (Å²) in [6, 6.07) is 15.5. The summed E-state index contributed by atoms with van der Waals surface area (Å²) in [7, 11) is 1.51. The largest absolute Gasteiger partial charge is 0.495 e. The van der Waals surface area contributed by atoms with Gasteiger partial charge in [-0.05, 0) is 43.3 Å². The normalized spacial score (nSPS) is 10.1. The Morgan fingerprint density at radius 1 is 1.18 bits per heavy atom. The summed E-state index contributed by atoms with van der Waals surface area (Å²) in [4.78, 5) is 21.2. The van der Waals surface area contributed by atoms with E-state index >= 15 is 0 Å². The quantitative estimate of drug-likeness (QED) is 0.669. The Balaban J connectivity index is 1.85. The Kier molecular flexibility index (Phi) is 5.72. The van der Waals surface area contributed by atoms with Crippen molar-refractivity contribution in [3.8, 4) is 11.8 Å². The highest BCUT2D eigenvalue weighted by atomic mass is 35.5. The van der Waals surface area contributed by atoms with E-state index < -0.39 is 5.91 Å². The molecule has 1 amide bonds. The first-order valence-electron chi connectivity index (χ1n) is 8.26. The molecule has 0 fully saturated rings. The Labute approximate surface area is 167 Å². The molecule has 0 bridgehead atoms. The van der Waals surface area contributed by atoms with Gasteiger partial charge in [-0.15, -0.1) is 0 Å². The molecule has 0 aliphatic heterocycles. The monoisotopic (exact) mass is 393 g/mol. The third kappa shape index (κ3) is 4.55.